The molecule has 150 valence electrons. The fraction of sp³-hybridized carbons (Fsp3) is 0.571. The number of benzene rings is 1. The predicted molar refractivity (Wildman–Crippen MR) is 104 cm³/mol. The predicted octanol–water partition coefficient (Wildman–Crippen LogP) is 4.07. The van der Waals surface area contributed by atoms with Gasteiger partial charge >= 0.3 is 12.1 Å². The zero-order chi connectivity index (χ0) is 20.6. The Morgan fingerprint density at radius 2 is 1.67 bits per heavy atom. The molecule has 0 saturated heterocycles. The maximum Gasteiger partial charge on any atom is 0.408 e. The normalized spacial score (nSPS) is 12.5. The fourth-order valence-electron chi connectivity index (χ4n) is 2.54. The minimum atomic E-state index is -1.01. The Morgan fingerprint density at radius 3 is 2.15 bits per heavy atom. The van der Waals surface area contributed by atoms with Crippen LogP contribution in [0.3, 0.4) is 0 Å². The van der Waals surface area contributed by atoms with Gasteiger partial charge in [0.05, 0.1) is 6.04 Å². The highest BCUT2D eigenvalue weighted by Crippen LogP contribution is 2.16. The van der Waals surface area contributed by atoms with Crippen LogP contribution in [-0.4, -0.2) is 34.6 Å². The Kier molecular flexibility index (Phi) is 8.47. The Balaban J connectivity index is 2.68. The van der Waals surface area contributed by atoms with Crippen molar-refractivity contribution in [2.24, 2.45) is 0 Å². The fourth-order valence-corrected chi connectivity index (χ4v) is 2.54. The number of hydrogen-bond acceptors (Lipinski definition) is 4. The molecule has 1 rings (SSSR count). The van der Waals surface area contributed by atoms with Gasteiger partial charge in [-0.2, -0.15) is 0 Å². The summed E-state index contributed by atoms with van der Waals surface area (Å²) in [5.41, 5.74) is 1.57. The summed E-state index contributed by atoms with van der Waals surface area (Å²) in [6, 6.07) is 7.22. The lowest BCUT2D eigenvalue weighted by molar-refractivity contribution is -0.137. The zero-order valence-electron chi connectivity index (χ0n) is 16.9. The highest BCUT2D eigenvalue weighted by Gasteiger charge is 2.24. The first-order chi connectivity index (χ1) is 12.5. The van der Waals surface area contributed by atoms with Gasteiger partial charge in [0.1, 0.15) is 5.60 Å². The number of ether oxygens (including phenoxy) is 1. The van der Waals surface area contributed by atoms with Crippen molar-refractivity contribution >= 4 is 17.8 Å². The lowest BCUT2D eigenvalue weighted by Crippen LogP contribution is -2.43. The van der Waals surface area contributed by atoms with E-state index in [4.69, 9.17) is 9.84 Å². The molecular weight excluding hydrogens is 346 g/mol. The SMILES string of the molecule is CC(C)c1ccc(CCC(=O)[C@@H](CCC(=O)O)NC(=O)OC(C)(C)C)cc1. The van der Waals surface area contributed by atoms with Gasteiger partial charge in [-0.15, -0.1) is 0 Å². The number of carbonyl (C=O) groups excluding carboxylic acids is 2. The van der Waals surface area contributed by atoms with Crippen molar-refractivity contribution in [3.63, 3.8) is 0 Å². The molecule has 0 saturated carbocycles. The standard InChI is InChI=1S/C21H31NO5/c1-14(2)16-9-6-15(7-10-16)8-12-18(23)17(11-13-19(24)25)22-20(26)27-21(3,4)5/h6-7,9-10,14,17H,8,11-13H2,1-5H3,(H,22,26)(H,24,25)/t17-/m1/s1. The summed E-state index contributed by atoms with van der Waals surface area (Å²) < 4.78 is 5.17. The average molecular weight is 377 g/mol. The van der Waals surface area contributed by atoms with Gasteiger partial charge in [0.15, 0.2) is 5.78 Å². The van der Waals surface area contributed by atoms with Crippen molar-refractivity contribution in [2.75, 3.05) is 0 Å². The molecule has 2 N–H and O–H groups in total. The van der Waals surface area contributed by atoms with Gasteiger partial charge in [-0.1, -0.05) is 38.1 Å². The number of carboxylic acids is 1. The second kappa shape index (κ2) is 10.1. The van der Waals surface area contributed by atoms with E-state index < -0.39 is 23.7 Å². The van der Waals surface area contributed by atoms with Crippen LogP contribution in [-0.2, 0) is 20.7 Å². The van der Waals surface area contributed by atoms with Gasteiger partial charge < -0.3 is 15.2 Å². The number of aliphatic carboxylic acids is 1. The van der Waals surface area contributed by atoms with E-state index in [0.29, 0.717) is 12.3 Å². The lowest BCUT2D eigenvalue weighted by atomic mass is 9.97. The number of hydrogen-bond donors (Lipinski definition) is 2. The summed E-state index contributed by atoms with van der Waals surface area (Å²) in [7, 11) is 0. The third-order valence-electron chi connectivity index (χ3n) is 4.03. The maximum absolute atomic E-state index is 12.5. The quantitative estimate of drug-likeness (QED) is 0.677. The minimum absolute atomic E-state index is 0.0414. The molecule has 0 spiro atoms. The van der Waals surface area contributed by atoms with Crippen LogP contribution in [0.5, 0.6) is 0 Å². The molecule has 6 heteroatoms. The molecule has 1 atom stereocenters. The van der Waals surface area contributed by atoms with E-state index in [0.717, 1.165) is 5.56 Å². The molecule has 27 heavy (non-hydrogen) atoms. The van der Waals surface area contributed by atoms with Gasteiger partial charge in [0.25, 0.3) is 0 Å². The van der Waals surface area contributed by atoms with Crippen molar-refractivity contribution in [3.8, 4) is 0 Å². The third-order valence-corrected chi connectivity index (χ3v) is 4.03. The second-order valence-electron chi connectivity index (χ2n) is 7.99. The van der Waals surface area contributed by atoms with E-state index >= 15 is 0 Å². The average Bonchev–Trinajstić information content (AvgIpc) is 2.55. The Labute approximate surface area is 161 Å². The van der Waals surface area contributed by atoms with E-state index in [1.54, 1.807) is 20.8 Å². The number of amides is 1. The molecule has 0 radical (unpaired) electrons. The molecule has 1 amide bonds. The van der Waals surface area contributed by atoms with Crippen LogP contribution in [0.15, 0.2) is 24.3 Å². The minimum Gasteiger partial charge on any atom is -0.481 e. The Bertz CT molecular complexity index is 644. The van der Waals surface area contributed by atoms with Gasteiger partial charge in [0, 0.05) is 12.8 Å². The van der Waals surface area contributed by atoms with Crippen LogP contribution in [0.2, 0.25) is 0 Å². The summed E-state index contributed by atoms with van der Waals surface area (Å²) in [5.74, 6) is -0.766. The lowest BCUT2D eigenvalue weighted by Gasteiger charge is -2.23. The first kappa shape index (κ1) is 22.7. The van der Waals surface area contributed by atoms with Crippen LogP contribution in [0.1, 0.15) is 70.9 Å². The topological polar surface area (TPSA) is 92.7 Å². The molecule has 0 aromatic heterocycles. The maximum atomic E-state index is 12.5. The Morgan fingerprint density at radius 1 is 1.07 bits per heavy atom. The molecule has 0 aliphatic rings. The summed E-state index contributed by atoms with van der Waals surface area (Å²) in [6.07, 6.45) is -0.111. The molecule has 0 unspecified atom stereocenters. The largest absolute Gasteiger partial charge is 0.481 e. The highest BCUT2D eigenvalue weighted by molar-refractivity contribution is 5.88. The first-order valence-electron chi connectivity index (χ1n) is 9.31. The second-order valence-corrected chi connectivity index (χ2v) is 7.99. The summed E-state index contributed by atoms with van der Waals surface area (Å²) in [6.45, 7) is 9.41. The van der Waals surface area contributed by atoms with Crippen molar-refractivity contribution in [1.82, 2.24) is 5.32 Å². The molecule has 1 aromatic carbocycles. The number of ketones is 1. The van der Waals surface area contributed by atoms with Crippen LogP contribution in [0, 0.1) is 0 Å². The number of nitrogens with one attached hydrogen (secondary N) is 1. The Hall–Kier alpha value is -2.37. The van der Waals surface area contributed by atoms with E-state index in [9.17, 15) is 14.4 Å². The van der Waals surface area contributed by atoms with Gasteiger partial charge in [-0.3, -0.25) is 9.59 Å². The van der Waals surface area contributed by atoms with Crippen LogP contribution in [0.4, 0.5) is 4.79 Å². The number of Topliss-reactive ketones (excluding diaryl/α,β-unsaturated/α-hetero) is 1. The van der Waals surface area contributed by atoms with Gasteiger partial charge in [-0.25, -0.2) is 4.79 Å². The number of carbonyl (C=O) groups is 3. The molecule has 6 nitrogen and oxygen atoms in total. The number of rotatable bonds is 9. The van der Waals surface area contributed by atoms with E-state index in [2.05, 4.69) is 19.2 Å². The van der Waals surface area contributed by atoms with E-state index in [-0.39, 0.29) is 25.0 Å². The van der Waals surface area contributed by atoms with Crippen LogP contribution >= 0.6 is 0 Å². The van der Waals surface area contributed by atoms with Crippen LogP contribution in [0.25, 0.3) is 0 Å². The summed E-state index contributed by atoms with van der Waals surface area (Å²) in [5, 5.41) is 11.4. The van der Waals surface area contributed by atoms with Crippen molar-refractivity contribution in [1.29, 1.82) is 0 Å². The number of aryl methyl sites for hydroxylation is 1. The molecule has 0 aliphatic heterocycles. The molecule has 0 bridgehead atoms. The smallest absolute Gasteiger partial charge is 0.408 e. The third kappa shape index (κ3) is 9.22. The molecule has 0 fully saturated rings. The monoisotopic (exact) mass is 377 g/mol. The first-order valence-corrected chi connectivity index (χ1v) is 9.31. The van der Waals surface area contributed by atoms with Gasteiger partial charge in [-0.05, 0) is 50.7 Å². The summed E-state index contributed by atoms with van der Waals surface area (Å²) in [4.78, 5) is 35.4. The van der Waals surface area contributed by atoms with E-state index in [1.807, 2.05) is 24.3 Å². The van der Waals surface area contributed by atoms with Crippen molar-refractivity contribution < 1.29 is 24.2 Å². The zero-order valence-corrected chi connectivity index (χ0v) is 16.9. The van der Waals surface area contributed by atoms with Crippen molar-refractivity contribution in [3.05, 3.63) is 35.4 Å². The number of carboxylic acid groups (broad SMARTS) is 1. The van der Waals surface area contributed by atoms with Crippen molar-refractivity contribution in [2.45, 2.75) is 77.9 Å². The van der Waals surface area contributed by atoms with Gasteiger partial charge in [0.2, 0.25) is 0 Å². The molecule has 0 aliphatic carbocycles. The summed E-state index contributed by atoms with van der Waals surface area (Å²) >= 11 is 0. The molecular formula is C21H31NO5. The molecule has 0 heterocycles. The van der Waals surface area contributed by atoms with E-state index in [1.165, 1.54) is 5.56 Å². The highest BCUT2D eigenvalue weighted by atomic mass is 16.6. The molecule has 1 aromatic rings. The number of alkyl carbamates (subject to hydrolysis) is 1. The van der Waals surface area contributed by atoms with Crippen LogP contribution < -0.4 is 5.32 Å².